The molecular weight excluding hydrogens is 252 g/mol. The molecule has 2 rings (SSSR count). The Hall–Kier alpha value is -1.79. The van der Waals surface area contributed by atoms with Gasteiger partial charge in [-0.1, -0.05) is 42.9 Å². The Kier molecular flexibility index (Phi) is 4.81. The van der Waals surface area contributed by atoms with Crippen LogP contribution < -0.4 is 0 Å². The van der Waals surface area contributed by atoms with Gasteiger partial charge in [-0.25, -0.2) is 4.79 Å². The second kappa shape index (κ2) is 6.58. The predicted molar refractivity (Wildman–Crippen MR) is 76.9 cm³/mol. The molecule has 1 aromatic rings. The van der Waals surface area contributed by atoms with E-state index in [4.69, 9.17) is 4.74 Å². The van der Waals surface area contributed by atoms with Crippen LogP contribution in [-0.4, -0.2) is 23.3 Å². The summed E-state index contributed by atoms with van der Waals surface area (Å²) in [5, 5.41) is 10.7. The number of ether oxygens (including phenoxy) is 1. The van der Waals surface area contributed by atoms with Gasteiger partial charge in [0, 0.05) is 11.5 Å². The Bertz CT molecular complexity index is 506. The molecule has 0 spiro atoms. The fourth-order valence-electron chi connectivity index (χ4n) is 2.59. The third-order valence-corrected chi connectivity index (χ3v) is 3.70. The largest absolute Gasteiger partial charge is 0.463 e. The van der Waals surface area contributed by atoms with E-state index in [1.807, 2.05) is 30.3 Å². The summed E-state index contributed by atoms with van der Waals surface area (Å²) in [6, 6.07) is 9.37. The first-order valence-corrected chi connectivity index (χ1v) is 7.14. The number of esters is 1. The molecule has 0 heterocycles. The van der Waals surface area contributed by atoms with Crippen molar-refractivity contribution in [3.05, 3.63) is 35.9 Å². The molecule has 0 aromatic heterocycles. The molecule has 0 amide bonds. The molecule has 1 saturated carbocycles. The SMILES string of the molecule is CCOC(=O)C(O)(C#Cc1ccccc1)C1CCCC1. The van der Waals surface area contributed by atoms with Crippen molar-refractivity contribution in [1.82, 2.24) is 0 Å². The van der Waals surface area contributed by atoms with Crippen molar-refractivity contribution < 1.29 is 14.6 Å². The summed E-state index contributed by atoms with van der Waals surface area (Å²) in [6.45, 7) is 1.98. The summed E-state index contributed by atoms with van der Waals surface area (Å²) in [5.41, 5.74) is -0.893. The zero-order valence-electron chi connectivity index (χ0n) is 11.8. The van der Waals surface area contributed by atoms with Crippen molar-refractivity contribution in [2.45, 2.75) is 38.2 Å². The van der Waals surface area contributed by atoms with Crippen molar-refractivity contribution in [2.75, 3.05) is 6.61 Å². The fraction of sp³-hybridized carbons (Fsp3) is 0.471. The maximum atomic E-state index is 12.1. The first kappa shape index (κ1) is 14.6. The van der Waals surface area contributed by atoms with Crippen LogP contribution in [0.4, 0.5) is 0 Å². The Balaban J connectivity index is 2.27. The summed E-state index contributed by atoms with van der Waals surface area (Å²) >= 11 is 0. The predicted octanol–water partition coefficient (Wildman–Crippen LogP) is 2.52. The lowest BCUT2D eigenvalue weighted by Gasteiger charge is -2.26. The minimum Gasteiger partial charge on any atom is -0.463 e. The van der Waals surface area contributed by atoms with Crippen LogP contribution in [-0.2, 0) is 9.53 Å². The second-order valence-electron chi connectivity index (χ2n) is 5.08. The highest BCUT2D eigenvalue weighted by atomic mass is 16.5. The van der Waals surface area contributed by atoms with Crippen LogP contribution in [0.2, 0.25) is 0 Å². The minimum absolute atomic E-state index is 0.127. The van der Waals surface area contributed by atoms with Gasteiger partial charge in [-0.2, -0.15) is 0 Å². The highest BCUT2D eigenvalue weighted by Crippen LogP contribution is 2.34. The topological polar surface area (TPSA) is 46.5 Å². The molecule has 106 valence electrons. The maximum Gasteiger partial charge on any atom is 0.351 e. The number of rotatable bonds is 3. The number of aliphatic hydroxyl groups is 1. The van der Waals surface area contributed by atoms with E-state index in [2.05, 4.69) is 11.8 Å². The summed E-state index contributed by atoms with van der Waals surface area (Å²) in [4.78, 5) is 12.1. The first-order valence-electron chi connectivity index (χ1n) is 7.14. The highest BCUT2D eigenvalue weighted by molar-refractivity contribution is 5.84. The van der Waals surface area contributed by atoms with Crippen LogP contribution in [0, 0.1) is 17.8 Å². The van der Waals surface area contributed by atoms with Gasteiger partial charge in [0.05, 0.1) is 6.61 Å². The average molecular weight is 272 g/mol. The van der Waals surface area contributed by atoms with Crippen LogP contribution in [0.5, 0.6) is 0 Å². The van der Waals surface area contributed by atoms with E-state index in [9.17, 15) is 9.90 Å². The number of hydrogen-bond acceptors (Lipinski definition) is 3. The average Bonchev–Trinajstić information content (AvgIpc) is 3.01. The van der Waals surface area contributed by atoms with Crippen LogP contribution in [0.3, 0.4) is 0 Å². The van der Waals surface area contributed by atoms with Gasteiger partial charge in [0.2, 0.25) is 5.60 Å². The molecule has 1 unspecified atom stereocenters. The van der Waals surface area contributed by atoms with E-state index >= 15 is 0 Å². The van der Waals surface area contributed by atoms with Crippen LogP contribution in [0.15, 0.2) is 30.3 Å². The molecule has 0 radical (unpaired) electrons. The lowest BCUT2D eigenvalue weighted by atomic mass is 9.86. The number of carbonyl (C=O) groups is 1. The molecule has 1 N–H and O–H groups in total. The van der Waals surface area contributed by atoms with E-state index in [-0.39, 0.29) is 12.5 Å². The molecule has 0 bridgehead atoms. The molecule has 0 aliphatic heterocycles. The standard InChI is InChI=1S/C17H20O3/c1-2-20-16(18)17(19,15-10-6-7-11-15)13-12-14-8-4-3-5-9-14/h3-5,8-9,15,19H,2,6-7,10-11H2,1H3. The van der Waals surface area contributed by atoms with Gasteiger partial charge in [-0.05, 0) is 31.9 Å². The van der Waals surface area contributed by atoms with Crippen LogP contribution in [0.1, 0.15) is 38.2 Å². The fourth-order valence-corrected chi connectivity index (χ4v) is 2.59. The third-order valence-electron chi connectivity index (χ3n) is 3.70. The normalized spacial score (nSPS) is 17.9. The van der Waals surface area contributed by atoms with Gasteiger partial charge in [-0.15, -0.1) is 0 Å². The number of benzene rings is 1. The zero-order valence-corrected chi connectivity index (χ0v) is 11.8. The van der Waals surface area contributed by atoms with Gasteiger partial charge in [0.25, 0.3) is 0 Å². The number of carbonyl (C=O) groups excluding carboxylic acids is 1. The van der Waals surface area contributed by atoms with Gasteiger partial charge in [-0.3, -0.25) is 0 Å². The van der Waals surface area contributed by atoms with E-state index in [0.29, 0.717) is 0 Å². The first-order chi connectivity index (χ1) is 9.66. The van der Waals surface area contributed by atoms with Crippen molar-refractivity contribution in [1.29, 1.82) is 0 Å². The third kappa shape index (κ3) is 3.20. The lowest BCUT2D eigenvalue weighted by molar-refractivity contribution is -0.163. The molecule has 20 heavy (non-hydrogen) atoms. The van der Waals surface area contributed by atoms with Crippen molar-refractivity contribution >= 4 is 5.97 Å². The molecule has 1 atom stereocenters. The second-order valence-corrected chi connectivity index (χ2v) is 5.08. The highest BCUT2D eigenvalue weighted by Gasteiger charge is 2.45. The molecule has 1 aliphatic carbocycles. The summed E-state index contributed by atoms with van der Waals surface area (Å²) in [6.07, 6.45) is 3.69. The number of hydrogen-bond donors (Lipinski definition) is 1. The van der Waals surface area contributed by atoms with Crippen LogP contribution >= 0.6 is 0 Å². The van der Waals surface area contributed by atoms with Crippen molar-refractivity contribution in [3.8, 4) is 11.8 Å². The quantitative estimate of drug-likeness (QED) is 0.679. The van der Waals surface area contributed by atoms with E-state index in [0.717, 1.165) is 31.2 Å². The van der Waals surface area contributed by atoms with Gasteiger partial charge in [0.15, 0.2) is 0 Å². The summed E-state index contributed by atoms with van der Waals surface area (Å²) < 4.78 is 5.02. The molecule has 1 aliphatic rings. The van der Waals surface area contributed by atoms with E-state index < -0.39 is 11.6 Å². The van der Waals surface area contributed by atoms with Gasteiger partial charge < -0.3 is 9.84 Å². The Morgan fingerprint density at radius 3 is 2.60 bits per heavy atom. The maximum absolute atomic E-state index is 12.1. The van der Waals surface area contributed by atoms with Gasteiger partial charge in [0.1, 0.15) is 0 Å². The Morgan fingerprint density at radius 2 is 2.00 bits per heavy atom. The summed E-state index contributed by atoms with van der Waals surface area (Å²) in [5.74, 6) is 4.93. The van der Waals surface area contributed by atoms with Crippen molar-refractivity contribution in [3.63, 3.8) is 0 Å². The molecule has 0 saturated heterocycles. The smallest absolute Gasteiger partial charge is 0.351 e. The molecule has 1 aromatic carbocycles. The van der Waals surface area contributed by atoms with E-state index in [1.165, 1.54) is 0 Å². The molecule has 1 fully saturated rings. The Morgan fingerprint density at radius 1 is 1.35 bits per heavy atom. The van der Waals surface area contributed by atoms with Crippen LogP contribution in [0.25, 0.3) is 0 Å². The molecule has 3 heteroatoms. The Labute approximate surface area is 120 Å². The lowest BCUT2D eigenvalue weighted by Crippen LogP contribution is -2.45. The zero-order chi connectivity index (χ0) is 14.4. The summed E-state index contributed by atoms with van der Waals surface area (Å²) in [7, 11) is 0. The van der Waals surface area contributed by atoms with Gasteiger partial charge >= 0.3 is 5.97 Å². The minimum atomic E-state index is -1.68. The molecular formula is C17H20O3. The van der Waals surface area contributed by atoms with Crippen molar-refractivity contribution in [2.24, 2.45) is 5.92 Å². The molecule has 3 nitrogen and oxygen atoms in total. The monoisotopic (exact) mass is 272 g/mol. The van der Waals surface area contributed by atoms with E-state index in [1.54, 1.807) is 6.92 Å².